The van der Waals surface area contributed by atoms with Crippen molar-refractivity contribution in [2.75, 3.05) is 0 Å². The molecule has 1 nitrogen and oxygen atoms in total. The first kappa shape index (κ1) is 11.0. The van der Waals surface area contributed by atoms with Gasteiger partial charge in [-0.15, -0.1) is 11.3 Å². The Morgan fingerprint density at radius 3 is 2.41 bits per heavy atom. The van der Waals surface area contributed by atoms with Crippen LogP contribution >= 0.6 is 11.3 Å². The first-order valence-corrected chi connectivity index (χ1v) is 7.07. The molecule has 3 rings (SSSR count). The van der Waals surface area contributed by atoms with Crippen LogP contribution in [0.15, 0.2) is 41.8 Å². The molecule has 1 aliphatic carbocycles. The SMILES string of the molecule is C[C@H](NC1Cc2ccccc2C1)c1cccs1. The molecule has 1 heterocycles. The fourth-order valence-corrected chi connectivity index (χ4v) is 3.39. The highest BCUT2D eigenvalue weighted by Gasteiger charge is 2.22. The molecule has 0 aliphatic heterocycles. The van der Waals surface area contributed by atoms with E-state index in [0.717, 1.165) is 0 Å². The van der Waals surface area contributed by atoms with Gasteiger partial charge in [-0.3, -0.25) is 0 Å². The van der Waals surface area contributed by atoms with Crippen LogP contribution in [0, 0.1) is 0 Å². The van der Waals surface area contributed by atoms with E-state index in [9.17, 15) is 0 Å². The second-order valence-corrected chi connectivity index (χ2v) is 5.76. The summed E-state index contributed by atoms with van der Waals surface area (Å²) in [5, 5.41) is 5.89. The lowest BCUT2D eigenvalue weighted by atomic mass is 10.1. The Morgan fingerprint density at radius 1 is 1.12 bits per heavy atom. The quantitative estimate of drug-likeness (QED) is 0.869. The van der Waals surface area contributed by atoms with Gasteiger partial charge in [0, 0.05) is 17.0 Å². The zero-order valence-electron chi connectivity index (χ0n) is 10.0. The highest BCUT2D eigenvalue weighted by molar-refractivity contribution is 7.10. The molecule has 1 atom stereocenters. The smallest absolute Gasteiger partial charge is 0.0388 e. The van der Waals surface area contributed by atoms with E-state index in [2.05, 4.69) is 54.0 Å². The molecule has 1 aromatic heterocycles. The van der Waals surface area contributed by atoms with Crippen molar-refractivity contribution >= 4 is 11.3 Å². The Bertz CT molecular complexity index is 464. The number of benzene rings is 1. The van der Waals surface area contributed by atoms with Crippen molar-refractivity contribution in [3.05, 3.63) is 57.8 Å². The Kier molecular flexibility index (Phi) is 3.00. The lowest BCUT2D eigenvalue weighted by molar-refractivity contribution is 0.472. The first-order valence-electron chi connectivity index (χ1n) is 6.19. The minimum absolute atomic E-state index is 0.467. The van der Waals surface area contributed by atoms with E-state index >= 15 is 0 Å². The molecule has 0 amide bonds. The standard InChI is InChI=1S/C15H17NS/c1-11(15-7-4-8-17-15)16-14-9-12-5-2-3-6-13(12)10-14/h2-8,11,14,16H,9-10H2,1H3/t11-/m0/s1. The van der Waals surface area contributed by atoms with Crippen LogP contribution in [0.4, 0.5) is 0 Å². The molecule has 0 spiro atoms. The van der Waals surface area contributed by atoms with Gasteiger partial charge in [-0.1, -0.05) is 30.3 Å². The highest BCUT2D eigenvalue weighted by atomic mass is 32.1. The Hall–Kier alpha value is -1.12. The van der Waals surface area contributed by atoms with Gasteiger partial charge in [0.15, 0.2) is 0 Å². The topological polar surface area (TPSA) is 12.0 Å². The maximum absolute atomic E-state index is 3.74. The first-order chi connectivity index (χ1) is 8.33. The fourth-order valence-electron chi connectivity index (χ4n) is 2.65. The molecule has 17 heavy (non-hydrogen) atoms. The molecule has 0 fully saturated rings. The molecular formula is C15H17NS. The lowest BCUT2D eigenvalue weighted by Crippen LogP contribution is -2.31. The third-order valence-corrected chi connectivity index (χ3v) is 4.56. The predicted molar refractivity (Wildman–Crippen MR) is 73.5 cm³/mol. The van der Waals surface area contributed by atoms with Crippen LogP contribution in [0.25, 0.3) is 0 Å². The number of hydrogen-bond donors (Lipinski definition) is 1. The van der Waals surface area contributed by atoms with Crippen molar-refractivity contribution in [2.45, 2.75) is 31.8 Å². The summed E-state index contributed by atoms with van der Waals surface area (Å²) in [7, 11) is 0. The molecule has 0 saturated carbocycles. The largest absolute Gasteiger partial charge is 0.306 e. The van der Waals surface area contributed by atoms with Crippen molar-refractivity contribution in [1.82, 2.24) is 5.32 Å². The second kappa shape index (κ2) is 4.63. The molecule has 0 unspecified atom stereocenters. The summed E-state index contributed by atoms with van der Waals surface area (Å²) in [5.74, 6) is 0. The number of hydrogen-bond acceptors (Lipinski definition) is 2. The fraction of sp³-hybridized carbons (Fsp3) is 0.333. The van der Waals surface area contributed by atoms with Crippen molar-refractivity contribution in [3.8, 4) is 0 Å². The molecule has 0 radical (unpaired) electrons. The van der Waals surface area contributed by atoms with E-state index < -0.39 is 0 Å². The van der Waals surface area contributed by atoms with Crippen LogP contribution < -0.4 is 5.32 Å². The van der Waals surface area contributed by atoms with E-state index in [1.165, 1.54) is 28.8 Å². The van der Waals surface area contributed by atoms with E-state index in [0.29, 0.717) is 12.1 Å². The summed E-state index contributed by atoms with van der Waals surface area (Å²) < 4.78 is 0. The highest BCUT2D eigenvalue weighted by Crippen LogP contribution is 2.25. The summed E-state index contributed by atoms with van der Waals surface area (Å²) in [5.41, 5.74) is 3.03. The van der Waals surface area contributed by atoms with E-state index in [4.69, 9.17) is 0 Å². The van der Waals surface area contributed by atoms with Crippen molar-refractivity contribution < 1.29 is 0 Å². The van der Waals surface area contributed by atoms with Gasteiger partial charge >= 0.3 is 0 Å². The van der Waals surface area contributed by atoms with Gasteiger partial charge in [-0.25, -0.2) is 0 Å². The number of fused-ring (bicyclic) bond motifs is 1. The van der Waals surface area contributed by atoms with Crippen LogP contribution in [-0.2, 0) is 12.8 Å². The van der Waals surface area contributed by atoms with Crippen molar-refractivity contribution in [3.63, 3.8) is 0 Å². The monoisotopic (exact) mass is 243 g/mol. The van der Waals surface area contributed by atoms with Crippen LogP contribution in [0.5, 0.6) is 0 Å². The van der Waals surface area contributed by atoms with Crippen LogP contribution in [0.3, 0.4) is 0 Å². The minimum atomic E-state index is 0.467. The van der Waals surface area contributed by atoms with Crippen molar-refractivity contribution in [2.24, 2.45) is 0 Å². The van der Waals surface area contributed by atoms with E-state index in [-0.39, 0.29) is 0 Å². The average Bonchev–Trinajstić information content (AvgIpc) is 2.97. The number of rotatable bonds is 3. The molecule has 2 aromatic rings. The van der Waals surface area contributed by atoms with Crippen LogP contribution in [0.2, 0.25) is 0 Å². The molecule has 0 bridgehead atoms. The molecular weight excluding hydrogens is 226 g/mol. The Labute approximate surface area is 106 Å². The molecule has 0 saturated heterocycles. The van der Waals surface area contributed by atoms with Gasteiger partial charge in [0.25, 0.3) is 0 Å². The van der Waals surface area contributed by atoms with Gasteiger partial charge in [-0.2, -0.15) is 0 Å². The minimum Gasteiger partial charge on any atom is -0.306 e. The Balaban J connectivity index is 1.66. The van der Waals surface area contributed by atoms with Crippen LogP contribution in [-0.4, -0.2) is 6.04 Å². The normalized spacial score (nSPS) is 17.0. The van der Waals surface area contributed by atoms with Gasteiger partial charge in [-0.05, 0) is 42.3 Å². The molecule has 2 heteroatoms. The zero-order valence-corrected chi connectivity index (χ0v) is 10.8. The summed E-state index contributed by atoms with van der Waals surface area (Å²) in [6.07, 6.45) is 2.35. The summed E-state index contributed by atoms with van der Waals surface area (Å²) in [6.45, 7) is 2.26. The maximum Gasteiger partial charge on any atom is 0.0388 e. The number of thiophene rings is 1. The summed E-state index contributed by atoms with van der Waals surface area (Å²) in [4.78, 5) is 1.43. The van der Waals surface area contributed by atoms with Gasteiger partial charge in [0.05, 0.1) is 0 Å². The number of nitrogens with one attached hydrogen (secondary N) is 1. The third kappa shape index (κ3) is 2.28. The maximum atomic E-state index is 3.74. The third-order valence-electron chi connectivity index (χ3n) is 3.51. The lowest BCUT2D eigenvalue weighted by Gasteiger charge is -2.18. The van der Waals surface area contributed by atoms with Gasteiger partial charge < -0.3 is 5.32 Å². The second-order valence-electron chi connectivity index (χ2n) is 4.78. The average molecular weight is 243 g/mol. The van der Waals surface area contributed by atoms with E-state index in [1.54, 1.807) is 0 Å². The Morgan fingerprint density at radius 2 is 1.82 bits per heavy atom. The molecule has 1 aliphatic rings. The van der Waals surface area contributed by atoms with Crippen molar-refractivity contribution in [1.29, 1.82) is 0 Å². The van der Waals surface area contributed by atoms with E-state index in [1.807, 2.05) is 11.3 Å². The predicted octanol–water partition coefficient (Wildman–Crippen LogP) is 3.57. The summed E-state index contributed by atoms with van der Waals surface area (Å²) in [6, 6.07) is 14.2. The molecule has 88 valence electrons. The van der Waals surface area contributed by atoms with Gasteiger partial charge in [0.2, 0.25) is 0 Å². The molecule has 1 N–H and O–H groups in total. The zero-order chi connectivity index (χ0) is 11.7. The summed E-state index contributed by atoms with van der Waals surface area (Å²) >= 11 is 1.84. The van der Waals surface area contributed by atoms with Crippen LogP contribution in [0.1, 0.15) is 29.0 Å². The van der Waals surface area contributed by atoms with Gasteiger partial charge in [0.1, 0.15) is 0 Å². The molecule has 1 aromatic carbocycles.